The van der Waals surface area contributed by atoms with Crippen LogP contribution in [0.4, 0.5) is 0 Å². The van der Waals surface area contributed by atoms with Crippen LogP contribution in [0.3, 0.4) is 0 Å². The summed E-state index contributed by atoms with van der Waals surface area (Å²) in [4.78, 5) is 10.9. The molecule has 0 atom stereocenters. The monoisotopic (exact) mass is 230 g/mol. The lowest BCUT2D eigenvalue weighted by atomic mass is 10.2. The molecule has 2 aromatic rings. The smallest absolute Gasteiger partial charge is 0.335 e. The molecule has 86 valence electrons. The van der Waals surface area contributed by atoms with Gasteiger partial charge in [0.25, 0.3) is 0 Å². The van der Waals surface area contributed by atoms with E-state index >= 15 is 0 Å². The Kier molecular flexibility index (Phi) is 2.14. The van der Waals surface area contributed by atoms with Gasteiger partial charge in [0, 0.05) is 5.92 Å². The van der Waals surface area contributed by atoms with Crippen LogP contribution in [0, 0.1) is 0 Å². The molecule has 17 heavy (non-hydrogen) atoms. The van der Waals surface area contributed by atoms with Gasteiger partial charge >= 0.3 is 5.97 Å². The molecule has 6 nitrogen and oxygen atoms in total. The Morgan fingerprint density at radius 3 is 2.94 bits per heavy atom. The standard InChI is InChI=1S/C11H10N4O2/c16-11(17)8-2-1-3-9(6-8)15-10(7-4-5-7)12-13-14-15/h1-3,6-7H,4-5H2,(H,16,17). The van der Waals surface area contributed by atoms with Crippen LogP contribution in [-0.2, 0) is 0 Å². The molecule has 0 amide bonds. The molecule has 3 rings (SSSR count). The molecule has 0 spiro atoms. The first-order valence-corrected chi connectivity index (χ1v) is 5.38. The SMILES string of the molecule is O=C(O)c1cccc(-n2nnnc2C2CC2)c1. The van der Waals surface area contributed by atoms with Crippen molar-refractivity contribution in [3.63, 3.8) is 0 Å². The number of tetrazole rings is 1. The quantitative estimate of drug-likeness (QED) is 0.857. The Labute approximate surface area is 96.9 Å². The van der Waals surface area contributed by atoms with Crippen LogP contribution in [0.5, 0.6) is 0 Å². The van der Waals surface area contributed by atoms with Gasteiger partial charge in [-0.25, -0.2) is 4.79 Å². The highest BCUT2D eigenvalue weighted by atomic mass is 16.4. The molecule has 0 radical (unpaired) electrons. The number of benzene rings is 1. The summed E-state index contributed by atoms with van der Waals surface area (Å²) in [5.41, 5.74) is 0.927. The number of rotatable bonds is 3. The molecule has 1 heterocycles. The number of nitrogens with zero attached hydrogens (tertiary/aromatic N) is 4. The van der Waals surface area contributed by atoms with Crippen LogP contribution in [-0.4, -0.2) is 31.3 Å². The summed E-state index contributed by atoms with van der Waals surface area (Å²) in [6.45, 7) is 0. The van der Waals surface area contributed by atoms with Crippen LogP contribution < -0.4 is 0 Å². The average molecular weight is 230 g/mol. The summed E-state index contributed by atoms with van der Waals surface area (Å²) in [6, 6.07) is 6.61. The maximum atomic E-state index is 10.9. The minimum atomic E-state index is -0.951. The Morgan fingerprint density at radius 2 is 2.24 bits per heavy atom. The molecule has 0 bridgehead atoms. The van der Waals surface area contributed by atoms with Crippen LogP contribution >= 0.6 is 0 Å². The lowest BCUT2D eigenvalue weighted by molar-refractivity contribution is 0.0697. The van der Waals surface area contributed by atoms with Crippen LogP contribution in [0.15, 0.2) is 24.3 Å². The number of carboxylic acids is 1. The second-order valence-corrected chi connectivity index (χ2v) is 4.08. The molecular formula is C11H10N4O2. The van der Waals surface area contributed by atoms with Gasteiger partial charge in [0.1, 0.15) is 0 Å². The predicted molar refractivity (Wildman–Crippen MR) is 58.1 cm³/mol. The molecule has 1 saturated carbocycles. The summed E-state index contributed by atoms with van der Waals surface area (Å²) in [7, 11) is 0. The molecule has 1 aliphatic rings. The van der Waals surface area contributed by atoms with E-state index in [0.29, 0.717) is 11.6 Å². The molecule has 6 heteroatoms. The van der Waals surface area contributed by atoms with Crippen molar-refractivity contribution < 1.29 is 9.90 Å². The molecule has 0 unspecified atom stereocenters. The normalized spacial score (nSPS) is 14.8. The van der Waals surface area contributed by atoms with Gasteiger partial charge in [-0.05, 0) is 41.5 Å². The lowest BCUT2D eigenvalue weighted by Gasteiger charge is -2.04. The van der Waals surface area contributed by atoms with Crippen molar-refractivity contribution in [2.75, 3.05) is 0 Å². The van der Waals surface area contributed by atoms with E-state index in [0.717, 1.165) is 18.7 Å². The van der Waals surface area contributed by atoms with Crippen molar-refractivity contribution in [3.05, 3.63) is 35.7 Å². The number of aromatic nitrogens is 4. The Balaban J connectivity index is 2.05. The number of hydrogen-bond acceptors (Lipinski definition) is 4. The van der Waals surface area contributed by atoms with Crippen LogP contribution in [0.1, 0.15) is 34.9 Å². The minimum absolute atomic E-state index is 0.236. The third-order valence-corrected chi connectivity index (χ3v) is 2.77. The maximum Gasteiger partial charge on any atom is 0.335 e. The van der Waals surface area contributed by atoms with E-state index in [2.05, 4.69) is 15.5 Å². The highest BCUT2D eigenvalue weighted by molar-refractivity contribution is 5.88. The van der Waals surface area contributed by atoms with Crippen LogP contribution in [0.2, 0.25) is 0 Å². The Bertz CT molecular complexity index is 574. The third-order valence-electron chi connectivity index (χ3n) is 2.77. The van der Waals surface area contributed by atoms with E-state index in [-0.39, 0.29) is 5.56 Å². The lowest BCUT2D eigenvalue weighted by Crippen LogP contribution is -2.04. The largest absolute Gasteiger partial charge is 0.478 e. The highest BCUT2D eigenvalue weighted by Crippen LogP contribution is 2.39. The minimum Gasteiger partial charge on any atom is -0.478 e. The van der Waals surface area contributed by atoms with E-state index in [9.17, 15) is 4.79 Å². The highest BCUT2D eigenvalue weighted by Gasteiger charge is 2.30. The molecule has 1 fully saturated rings. The van der Waals surface area contributed by atoms with Gasteiger partial charge in [0.2, 0.25) is 0 Å². The van der Waals surface area contributed by atoms with Gasteiger partial charge in [0.15, 0.2) is 5.82 Å². The number of aromatic carboxylic acids is 1. The van der Waals surface area contributed by atoms with Gasteiger partial charge < -0.3 is 5.11 Å². The molecule has 1 N–H and O–H groups in total. The molecule has 1 aromatic heterocycles. The van der Waals surface area contributed by atoms with Gasteiger partial charge in [-0.3, -0.25) is 0 Å². The van der Waals surface area contributed by atoms with E-state index in [1.54, 1.807) is 28.9 Å². The van der Waals surface area contributed by atoms with E-state index in [1.165, 1.54) is 0 Å². The summed E-state index contributed by atoms with van der Waals surface area (Å²) < 4.78 is 1.62. The fourth-order valence-corrected chi connectivity index (χ4v) is 1.74. The van der Waals surface area contributed by atoms with E-state index in [4.69, 9.17) is 5.11 Å². The topological polar surface area (TPSA) is 80.9 Å². The van der Waals surface area contributed by atoms with Crippen molar-refractivity contribution in [3.8, 4) is 5.69 Å². The molecule has 1 aromatic carbocycles. The second-order valence-electron chi connectivity index (χ2n) is 4.08. The fraction of sp³-hybridized carbons (Fsp3) is 0.273. The van der Waals surface area contributed by atoms with Crippen molar-refractivity contribution in [2.45, 2.75) is 18.8 Å². The Hall–Kier alpha value is -2.24. The summed E-state index contributed by atoms with van der Waals surface area (Å²) in [5, 5.41) is 20.5. The fourth-order valence-electron chi connectivity index (χ4n) is 1.74. The Morgan fingerprint density at radius 1 is 1.41 bits per heavy atom. The van der Waals surface area contributed by atoms with Crippen molar-refractivity contribution in [1.82, 2.24) is 20.2 Å². The van der Waals surface area contributed by atoms with E-state index < -0.39 is 5.97 Å². The predicted octanol–water partition coefficient (Wildman–Crippen LogP) is 1.24. The zero-order chi connectivity index (χ0) is 11.8. The van der Waals surface area contributed by atoms with Gasteiger partial charge in [-0.2, -0.15) is 4.68 Å². The molecule has 0 saturated heterocycles. The average Bonchev–Trinajstić information content (AvgIpc) is 3.07. The first-order valence-electron chi connectivity index (χ1n) is 5.38. The van der Waals surface area contributed by atoms with Gasteiger partial charge in [-0.1, -0.05) is 6.07 Å². The van der Waals surface area contributed by atoms with Gasteiger partial charge in [-0.15, -0.1) is 5.10 Å². The maximum absolute atomic E-state index is 10.9. The summed E-state index contributed by atoms with van der Waals surface area (Å²) >= 11 is 0. The first kappa shape index (κ1) is 9.95. The molecule has 1 aliphatic carbocycles. The summed E-state index contributed by atoms with van der Waals surface area (Å²) in [6.07, 6.45) is 2.19. The van der Waals surface area contributed by atoms with Crippen molar-refractivity contribution >= 4 is 5.97 Å². The van der Waals surface area contributed by atoms with Gasteiger partial charge in [0.05, 0.1) is 11.3 Å². The number of carboxylic acid groups (broad SMARTS) is 1. The number of carbonyl (C=O) groups is 1. The zero-order valence-corrected chi connectivity index (χ0v) is 8.95. The third kappa shape index (κ3) is 1.77. The second kappa shape index (κ2) is 3.65. The molecule has 0 aliphatic heterocycles. The first-order chi connectivity index (χ1) is 8.25. The zero-order valence-electron chi connectivity index (χ0n) is 8.95. The molecular weight excluding hydrogens is 220 g/mol. The van der Waals surface area contributed by atoms with Crippen molar-refractivity contribution in [2.24, 2.45) is 0 Å². The number of hydrogen-bond donors (Lipinski definition) is 1. The van der Waals surface area contributed by atoms with Crippen molar-refractivity contribution in [1.29, 1.82) is 0 Å². The van der Waals surface area contributed by atoms with E-state index in [1.807, 2.05) is 0 Å². The summed E-state index contributed by atoms with van der Waals surface area (Å²) in [5.74, 6) is 0.277. The van der Waals surface area contributed by atoms with Crippen LogP contribution in [0.25, 0.3) is 5.69 Å².